The Hall–Kier alpha value is -1.06. The van der Waals surface area contributed by atoms with Crippen LogP contribution < -0.4 is 11.1 Å². The van der Waals surface area contributed by atoms with Crippen molar-refractivity contribution in [3.63, 3.8) is 0 Å². The maximum Gasteiger partial charge on any atom is 0.224 e. The average molecular weight is 299 g/mol. The molecule has 0 aliphatic heterocycles. The predicted molar refractivity (Wildman–Crippen MR) is 87.0 cm³/mol. The number of benzene rings is 1. The maximum atomic E-state index is 12.2. The van der Waals surface area contributed by atoms with E-state index in [0.717, 1.165) is 0 Å². The minimum absolute atomic E-state index is 0. The normalized spacial score (nSPS) is 15.2. The van der Waals surface area contributed by atoms with Gasteiger partial charge in [0.2, 0.25) is 5.91 Å². The van der Waals surface area contributed by atoms with Gasteiger partial charge in [0.25, 0.3) is 0 Å². The van der Waals surface area contributed by atoms with Gasteiger partial charge in [0.15, 0.2) is 0 Å². The van der Waals surface area contributed by atoms with E-state index in [-0.39, 0.29) is 36.3 Å². The molecule has 0 aliphatic carbocycles. The molecule has 0 fully saturated rings. The second-order valence-electron chi connectivity index (χ2n) is 5.73. The fraction of sp³-hybridized carbons (Fsp3) is 0.562. The molecule has 0 aromatic heterocycles. The van der Waals surface area contributed by atoms with Crippen molar-refractivity contribution in [3.05, 3.63) is 35.4 Å². The fourth-order valence-electron chi connectivity index (χ4n) is 2.06. The van der Waals surface area contributed by atoms with Crippen LogP contribution in [-0.4, -0.2) is 11.9 Å². The lowest BCUT2D eigenvalue weighted by atomic mass is 9.91. The number of aryl methyl sites for hydroxylation is 1. The van der Waals surface area contributed by atoms with Crippen LogP contribution in [0.15, 0.2) is 24.3 Å². The first kappa shape index (κ1) is 18.9. The largest absolute Gasteiger partial charge is 0.349 e. The third kappa shape index (κ3) is 4.80. The SMILES string of the molecule is Cc1ccccc1C(NC(=O)C(C)C(C)N)C(C)C.Cl. The number of nitrogens with two attached hydrogens (primary N) is 1. The van der Waals surface area contributed by atoms with E-state index in [2.05, 4.69) is 38.2 Å². The summed E-state index contributed by atoms with van der Waals surface area (Å²) in [5, 5.41) is 3.14. The Bertz CT molecular complexity index is 432. The zero-order valence-corrected chi connectivity index (χ0v) is 13.8. The molecule has 0 saturated carbocycles. The lowest BCUT2D eigenvalue weighted by molar-refractivity contribution is -0.126. The Balaban J connectivity index is 0.00000361. The molecule has 4 heteroatoms. The van der Waals surface area contributed by atoms with Crippen molar-refractivity contribution in [2.75, 3.05) is 0 Å². The highest BCUT2D eigenvalue weighted by Crippen LogP contribution is 2.25. The van der Waals surface area contributed by atoms with E-state index in [1.165, 1.54) is 11.1 Å². The summed E-state index contributed by atoms with van der Waals surface area (Å²) in [7, 11) is 0. The van der Waals surface area contributed by atoms with Gasteiger partial charge in [-0.2, -0.15) is 0 Å². The van der Waals surface area contributed by atoms with E-state index in [9.17, 15) is 4.79 Å². The van der Waals surface area contributed by atoms with Crippen LogP contribution in [0.5, 0.6) is 0 Å². The summed E-state index contributed by atoms with van der Waals surface area (Å²) in [6.07, 6.45) is 0. The number of nitrogens with one attached hydrogen (secondary N) is 1. The van der Waals surface area contributed by atoms with Crippen molar-refractivity contribution in [1.29, 1.82) is 0 Å². The predicted octanol–water partition coefficient (Wildman–Crippen LogP) is 3.21. The standard InChI is InChI=1S/C16H26N2O.ClH/c1-10(2)15(14-9-7-6-8-11(14)3)18-16(19)12(4)13(5)17;/h6-10,12-13,15H,17H2,1-5H3,(H,18,19);1H. The van der Waals surface area contributed by atoms with Gasteiger partial charge in [0.1, 0.15) is 0 Å². The second-order valence-corrected chi connectivity index (χ2v) is 5.73. The highest BCUT2D eigenvalue weighted by atomic mass is 35.5. The van der Waals surface area contributed by atoms with Crippen LogP contribution in [0.1, 0.15) is 44.9 Å². The van der Waals surface area contributed by atoms with Crippen molar-refractivity contribution in [2.45, 2.75) is 46.7 Å². The first-order valence-electron chi connectivity index (χ1n) is 6.96. The number of hydrogen-bond donors (Lipinski definition) is 2. The maximum absolute atomic E-state index is 12.2. The molecule has 1 rings (SSSR count). The third-order valence-electron chi connectivity index (χ3n) is 3.69. The van der Waals surface area contributed by atoms with Gasteiger partial charge in [-0.25, -0.2) is 0 Å². The lowest BCUT2D eigenvalue weighted by Gasteiger charge is -2.27. The molecule has 1 amide bonds. The molecule has 3 unspecified atom stereocenters. The second kappa shape index (κ2) is 8.28. The van der Waals surface area contributed by atoms with Gasteiger partial charge in [0.05, 0.1) is 6.04 Å². The number of hydrogen-bond acceptors (Lipinski definition) is 2. The van der Waals surface area contributed by atoms with E-state index in [1.54, 1.807) is 0 Å². The van der Waals surface area contributed by atoms with Gasteiger partial charge in [0, 0.05) is 12.0 Å². The Morgan fingerprint density at radius 2 is 1.70 bits per heavy atom. The summed E-state index contributed by atoms with van der Waals surface area (Å²) >= 11 is 0. The first-order valence-corrected chi connectivity index (χ1v) is 6.96. The summed E-state index contributed by atoms with van der Waals surface area (Å²) in [4.78, 5) is 12.2. The van der Waals surface area contributed by atoms with Crippen LogP contribution in [-0.2, 0) is 4.79 Å². The molecule has 1 aromatic carbocycles. The van der Waals surface area contributed by atoms with Crippen LogP contribution in [0.4, 0.5) is 0 Å². The van der Waals surface area contributed by atoms with Crippen LogP contribution in [0, 0.1) is 18.8 Å². The number of carbonyl (C=O) groups is 1. The monoisotopic (exact) mass is 298 g/mol. The van der Waals surface area contributed by atoms with Gasteiger partial charge in [-0.15, -0.1) is 12.4 Å². The Morgan fingerprint density at radius 1 is 1.15 bits per heavy atom. The molecular weight excluding hydrogens is 272 g/mol. The van der Waals surface area contributed by atoms with Crippen molar-refractivity contribution >= 4 is 18.3 Å². The molecule has 0 saturated heterocycles. The van der Waals surface area contributed by atoms with E-state index < -0.39 is 0 Å². The van der Waals surface area contributed by atoms with Crippen molar-refractivity contribution in [2.24, 2.45) is 17.6 Å². The smallest absolute Gasteiger partial charge is 0.224 e. The molecule has 3 N–H and O–H groups in total. The van der Waals surface area contributed by atoms with Crippen molar-refractivity contribution in [3.8, 4) is 0 Å². The molecule has 20 heavy (non-hydrogen) atoms. The van der Waals surface area contributed by atoms with Crippen molar-refractivity contribution in [1.82, 2.24) is 5.32 Å². The Labute approximate surface area is 128 Å². The first-order chi connectivity index (χ1) is 8.84. The van der Waals surface area contributed by atoms with Crippen molar-refractivity contribution < 1.29 is 4.79 Å². The van der Waals surface area contributed by atoms with Crippen LogP contribution in [0.3, 0.4) is 0 Å². The third-order valence-corrected chi connectivity index (χ3v) is 3.69. The molecule has 3 atom stereocenters. The lowest BCUT2D eigenvalue weighted by Crippen LogP contribution is -2.41. The van der Waals surface area contributed by atoms with Crippen LogP contribution in [0.2, 0.25) is 0 Å². The van der Waals surface area contributed by atoms with Gasteiger partial charge >= 0.3 is 0 Å². The van der Waals surface area contributed by atoms with Crippen LogP contribution >= 0.6 is 12.4 Å². The number of carbonyl (C=O) groups excluding carboxylic acids is 1. The highest BCUT2D eigenvalue weighted by molar-refractivity contribution is 5.85. The molecule has 0 heterocycles. The zero-order valence-electron chi connectivity index (χ0n) is 13.0. The average Bonchev–Trinajstić information content (AvgIpc) is 2.35. The highest BCUT2D eigenvalue weighted by Gasteiger charge is 2.24. The Kier molecular flexibility index (Phi) is 7.84. The van der Waals surface area contributed by atoms with E-state index >= 15 is 0 Å². The van der Waals surface area contributed by atoms with E-state index in [0.29, 0.717) is 5.92 Å². The minimum atomic E-state index is -0.176. The zero-order chi connectivity index (χ0) is 14.6. The summed E-state index contributed by atoms with van der Waals surface area (Å²) in [6, 6.07) is 8.09. The van der Waals surface area contributed by atoms with Crippen LogP contribution in [0.25, 0.3) is 0 Å². The topological polar surface area (TPSA) is 55.1 Å². The van der Waals surface area contributed by atoms with E-state index in [1.807, 2.05) is 26.0 Å². The fourth-order valence-corrected chi connectivity index (χ4v) is 2.06. The minimum Gasteiger partial charge on any atom is -0.349 e. The summed E-state index contributed by atoms with van der Waals surface area (Å²) in [6.45, 7) is 10.0. The molecule has 114 valence electrons. The molecule has 0 spiro atoms. The molecule has 0 radical (unpaired) electrons. The van der Waals surface area contributed by atoms with E-state index in [4.69, 9.17) is 5.73 Å². The molecule has 0 bridgehead atoms. The number of rotatable bonds is 5. The van der Waals surface area contributed by atoms with Gasteiger partial charge < -0.3 is 11.1 Å². The molecular formula is C16H27ClN2O. The van der Waals surface area contributed by atoms with Gasteiger partial charge in [-0.1, -0.05) is 45.0 Å². The summed E-state index contributed by atoms with van der Waals surface area (Å²) in [5.41, 5.74) is 8.18. The molecule has 1 aromatic rings. The summed E-state index contributed by atoms with van der Waals surface area (Å²) in [5.74, 6) is 0.188. The number of halogens is 1. The Morgan fingerprint density at radius 3 is 2.15 bits per heavy atom. The number of amides is 1. The molecule has 0 aliphatic rings. The van der Waals surface area contributed by atoms with Gasteiger partial charge in [-0.3, -0.25) is 4.79 Å². The van der Waals surface area contributed by atoms with Gasteiger partial charge in [-0.05, 0) is 30.9 Å². The molecule has 3 nitrogen and oxygen atoms in total. The summed E-state index contributed by atoms with van der Waals surface area (Å²) < 4.78 is 0. The quantitative estimate of drug-likeness (QED) is 0.877.